The van der Waals surface area contributed by atoms with E-state index < -0.39 is 40.8 Å². The van der Waals surface area contributed by atoms with E-state index in [0.717, 1.165) is 18.2 Å². The number of fused-ring (bicyclic) bond motifs is 3. The highest BCUT2D eigenvalue weighted by molar-refractivity contribution is 6.30. The smallest absolute Gasteiger partial charge is 0.416 e. The lowest BCUT2D eigenvalue weighted by Crippen LogP contribution is -2.66. The SMILES string of the molecule is O=C(NCCc1ccc(C(F)(F)F)cc1)C12CCC(NC(O)COc3ccc(Cl)c(F)c3)(CC1)CC2O. The van der Waals surface area contributed by atoms with Crippen molar-refractivity contribution in [2.75, 3.05) is 13.2 Å². The lowest BCUT2D eigenvalue weighted by molar-refractivity contribution is -0.157. The van der Waals surface area contributed by atoms with Crippen LogP contribution in [0.25, 0.3) is 0 Å². The van der Waals surface area contributed by atoms with Gasteiger partial charge in [0.05, 0.1) is 22.1 Å². The van der Waals surface area contributed by atoms with Crippen molar-refractivity contribution in [3.8, 4) is 5.75 Å². The Hall–Kier alpha value is -2.40. The summed E-state index contributed by atoms with van der Waals surface area (Å²) in [6.07, 6.45) is -3.80. The maximum Gasteiger partial charge on any atom is 0.416 e. The number of aliphatic hydroxyl groups excluding tert-OH is 2. The molecule has 3 fully saturated rings. The van der Waals surface area contributed by atoms with E-state index in [1.165, 1.54) is 24.3 Å². The highest BCUT2D eigenvalue weighted by Gasteiger charge is 2.58. The predicted octanol–water partition coefficient (Wildman–Crippen LogP) is 4.21. The van der Waals surface area contributed by atoms with Gasteiger partial charge >= 0.3 is 6.18 Å². The first-order chi connectivity index (χ1) is 17.4. The molecule has 0 spiro atoms. The Labute approximate surface area is 217 Å². The molecular weight excluding hydrogens is 516 g/mol. The van der Waals surface area contributed by atoms with Crippen LogP contribution < -0.4 is 15.4 Å². The molecule has 2 bridgehead atoms. The molecule has 2 atom stereocenters. The van der Waals surface area contributed by atoms with Crippen LogP contribution in [0, 0.1) is 11.2 Å². The highest BCUT2D eigenvalue weighted by atomic mass is 35.5. The van der Waals surface area contributed by atoms with E-state index in [1.54, 1.807) is 0 Å². The molecule has 0 aromatic heterocycles. The third-order valence-corrected chi connectivity index (χ3v) is 7.83. The maximum absolute atomic E-state index is 13.6. The number of amides is 1. The Kier molecular flexibility index (Phi) is 8.04. The van der Waals surface area contributed by atoms with Crippen molar-refractivity contribution < 1.29 is 37.3 Å². The molecule has 202 valence electrons. The van der Waals surface area contributed by atoms with E-state index in [-0.39, 0.29) is 36.3 Å². The molecule has 6 nitrogen and oxygen atoms in total. The second-order valence-electron chi connectivity index (χ2n) is 9.90. The Morgan fingerprint density at radius 1 is 1.14 bits per heavy atom. The molecule has 0 aliphatic heterocycles. The van der Waals surface area contributed by atoms with Crippen LogP contribution in [0.15, 0.2) is 42.5 Å². The first-order valence-corrected chi connectivity index (χ1v) is 12.5. The van der Waals surface area contributed by atoms with Gasteiger partial charge in [-0.1, -0.05) is 23.7 Å². The van der Waals surface area contributed by atoms with Gasteiger partial charge in [-0.2, -0.15) is 13.2 Å². The van der Waals surface area contributed by atoms with Gasteiger partial charge in [-0.15, -0.1) is 0 Å². The molecule has 0 heterocycles. The van der Waals surface area contributed by atoms with Gasteiger partial charge in [-0.05, 0) is 68.4 Å². The average Bonchev–Trinajstić information content (AvgIpc) is 2.85. The van der Waals surface area contributed by atoms with Gasteiger partial charge in [0.25, 0.3) is 0 Å². The van der Waals surface area contributed by atoms with Gasteiger partial charge < -0.3 is 20.3 Å². The Balaban J connectivity index is 1.26. The van der Waals surface area contributed by atoms with E-state index in [1.807, 2.05) is 0 Å². The van der Waals surface area contributed by atoms with Gasteiger partial charge in [-0.3, -0.25) is 10.1 Å². The summed E-state index contributed by atoms with van der Waals surface area (Å²) in [5, 5.41) is 27.3. The standard InChI is InChI=1S/C26H29ClF4N2O4/c27-19-6-5-18(13-20(19)28)37-15-22(35)33-24-8-10-25(11-9-24,21(34)14-24)23(36)32-12-7-16-1-3-17(4-2-16)26(29,30)31/h1-6,13,21-22,33-35H,7-12,14-15H2,(H,32,36). The third kappa shape index (κ3) is 6.19. The monoisotopic (exact) mass is 544 g/mol. The number of nitrogens with one attached hydrogen (secondary N) is 2. The van der Waals surface area contributed by atoms with Crippen molar-refractivity contribution in [2.45, 2.75) is 62.6 Å². The number of carbonyl (C=O) groups is 1. The second-order valence-corrected chi connectivity index (χ2v) is 10.3. The molecule has 3 aliphatic carbocycles. The fourth-order valence-corrected chi connectivity index (χ4v) is 5.47. The first-order valence-electron chi connectivity index (χ1n) is 12.1. The zero-order chi connectivity index (χ0) is 26.8. The number of benzene rings is 2. The van der Waals surface area contributed by atoms with Crippen molar-refractivity contribution >= 4 is 17.5 Å². The summed E-state index contributed by atoms with van der Waals surface area (Å²) >= 11 is 5.66. The van der Waals surface area contributed by atoms with Gasteiger partial charge in [0.2, 0.25) is 5.91 Å². The minimum atomic E-state index is -4.40. The van der Waals surface area contributed by atoms with Crippen LogP contribution in [0.4, 0.5) is 17.6 Å². The number of rotatable bonds is 9. The molecule has 0 saturated heterocycles. The maximum atomic E-state index is 13.6. The quantitative estimate of drug-likeness (QED) is 0.280. The molecule has 11 heteroatoms. The summed E-state index contributed by atoms with van der Waals surface area (Å²) in [6.45, 7) is 0.0951. The molecule has 2 aromatic rings. The van der Waals surface area contributed by atoms with Crippen LogP contribution in [0.1, 0.15) is 43.2 Å². The zero-order valence-electron chi connectivity index (χ0n) is 20.0. The topological polar surface area (TPSA) is 90.8 Å². The number of alkyl halides is 3. The zero-order valence-corrected chi connectivity index (χ0v) is 20.7. The molecule has 3 aliphatic rings. The van der Waals surface area contributed by atoms with Gasteiger partial charge in [0.1, 0.15) is 24.4 Å². The molecule has 2 unspecified atom stereocenters. The van der Waals surface area contributed by atoms with Crippen LogP contribution in [0.3, 0.4) is 0 Å². The van der Waals surface area contributed by atoms with E-state index in [2.05, 4.69) is 10.6 Å². The first kappa shape index (κ1) is 27.6. The summed E-state index contributed by atoms with van der Waals surface area (Å²) in [5.74, 6) is -0.676. The summed E-state index contributed by atoms with van der Waals surface area (Å²) in [7, 11) is 0. The summed E-state index contributed by atoms with van der Waals surface area (Å²) in [5.41, 5.74) is -1.56. The Morgan fingerprint density at radius 3 is 2.41 bits per heavy atom. The summed E-state index contributed by atoms with van der Waals surface area (Å²) in [4.78, 5) is 13.0. The van der Waals surface area contributed by atoms with Crippen molar-refractivity contribution in [1.82, 2.24) is 10.6 Å². The van der Waals surface area contributed by atoms with Crippen LogP contribution in [-0.4, -0.2) is 47.1 Å². The Bertz CT molecular complexity index is 1100. The number of halogens is 5. The molecule has 4 N–H and O–H groups in total. The number of carbonyl (C=O) groups excluding carboxylic acids is 1. The second kappa shape index (κ2) is 10.8. The predicted molar refractivity (Wildman–Crippen MR) is 128 cm³/mol. The molecular formula is C26H29ClF4N2O4. The number of hydrogen-bond acceptors (Lipinski definition) is 5. The lowest BCUT2D eigenvalue weighted by Gasteiger charge is -2.55. The highest BCUT2D eigenvalue weighted by Crippen LogP contribution is 2.52. The van der Waals surface area contributed by atoms with Crippen molar-refractivity contribution in [3.63, 3.8) is 0 Å². The van der Waals surface area contributed by atoms with Gasteiger partial charge in [-0.25, -0.2) is 4.39 Å². The molecule has 37 heavy (non-hydrogen) atoms. The molecule has 3 saturated carbocycles. The fraction of sp³-hybridized carbons (Fsp3) is 0.500. The Morgan fingerprint density at radius 2 is 1.81 bits per heavy atom. The largest absolute Gasteiger partial charge is 0.489 e. The number of aliphatic hydroxyl groups is 2. The van der Waals surface area contributed by atoms with Crippen LogP contribution >= 0.6 is 11.6 Å². The van der Waals surface area contributed by atoms with Crippen LogP contribution in [-0.2, 0) is 17.4 Å². The molecule has 5 rings (SSSR count). The number of ether oxygens (including phenoxy) is 1. The van der Waals surface area contributed by atoms with Gasteiger partial charge in [0.15, 0.2) is 0 Å². The molecule has 2 aromatic carbocycles. The van der Waals surface area contributed by atoms with E-state index >= 15 is 0 Å². The van der Waals surface area contributed by atoms with E-state index in [4.69, 9.17) is 16.3 Å². The van der Waals surface area contributed by atoms with Crippen molar-refractivity contribution in [3.05, 3.63) is 64.4 Å². The average molecular weight is 545 g/mol. The summed E-state index contributed by atoms with van der Waals surface area (Å²) < 4.78 is 57.2. The van der Waals surface area contributed by atoms with E-state index in [9.17, 15) is 32.6 Å². The normalized spacial score (nSPS) is 26.1. The minimum Gasteiger partial charge on any atom is -0.489 e. The van der Waals surface area contributed by atoms with Crippen LogP contribution in [0.5, 0.6) is 5.75 Å². The van der Waals surface area contributed by atoms with Crippen LogP contribution in [0.2, 0.25) is 5.02 Å². The van der Waals surface area contributed by atoms with Crippen molar-refractivity contribution in [1.29, 1.82) is 0 Å². The van der Waals surface area contributed by atoms with Crippen molar-refractivity contribution in [2.24, 2.45) is 5.41 Å². The summed E-state index contributed by atoms with van der Waals surface area (Å²) in [6, 6.07) is 8.79. The van der Waals surface area contributed by atoms with Gasteiger partial charge in [0, 0.05) is 18.2 Å². The molecule has 0 radical (unpaired) electrons. The number of hydrogen-bond donors (Lipinski definition) is 4. The third-order valence-electron chi connectivity index (χ3n) is 7.53. The fourth-order valence-electron chi connectivity index (χ4n) is 5.35. The minimum absolute atomic E-state index is 0.0320. The lowest BCUT2D eigenvalue weighted by atomic mass is 9.55. The molecule has 1 amide bonds. The van der Waals surface area contributed by atoms with E-state index in [0.29, 0.717) is 37.7 Å².